The second-order valence-electron chi connectivity index (χ2n) is 5.91. The normalized spacial score (nSPS) is 11.0. The van der Waals surface area contributed by atoms with Crippen LogP contribution in [0.5, 0.6) is 5.75 Å². The van der Waals surface area contributed by atoms with Crippen molar-refractivity contribution in [2.75, 3.05) is 6.61 Å². The molecule has 27 heavy (non-hydrogen) atoms. The summed E-state index contributed by atoms with van der Waals surface area (Å²) in [7, 11) is 0. The molecule has 4 aromatic rings. The minimum atomic E-state index is -0.253. The van der Waals surface area contributed by atoms with E-state index in [2.05, 4.69) is 15.3 Å². The largest absolute Gasteiger partial charge is 0.494 e. The molecule has 0 spiro atoms. The van der Waals surface area contributed by atoms with Crippen molar-refractivity contribution in [3.05, 3.63) is 75.8 Å². The molecule has 2 aromatic carbocycles. The number of nitrogens with zero attached hydrogens (tertiary/aromatic N) is 5. The van der Waals surface area contributed by atoms with Gasteiger partial charge in [-0.25, -0.2) is 4.98 Å². The third-order valence-corrected chi connectivity index (χ3v) is 4.30. The fourth-order valence-electron chi connectivity index (χ4n) is 2.81. The molecule has 0 aliphatic rings. The minimum Gasteiger partial charge on any atom is -0.494 e. The maximum absolute atomic E-state index is 12.8. The lowest BCUT2D eigenvalue weighted by Crippen LogP contribution is -2.21. The highest BCUT2D eigenvalue weighted by atomic mass is 35.5. The monoisotopic (exact) mass is 381 g/mol. The highest BCUT2D eigenvalue weighted by molar-refractivity contribution is 6.30. The first-order valence-corrected chi connectivity index (χ1v) is 8.82. The van der Waals surface area contributed by atoms with Crippen molar-refractivity contribution in [1.82, 2.24) is 24.5 Å². The highest BCUT2D eigenvalue weighted by Crippen LogP contribution is 2.17. The van der Waals surface area contributed by atoms with Gasteiger partial charge in [0.1, 0.15) is 12.1 Å². The maximum atomic E-state index is 12.8. The van der Waals surface area contributed by atoms with E-state index in [9.17, 15) is 4.79 Å². The number of fused-ring (bicyclic) bond motifs is 1. The molecule has 0 amide bonds. The Hall–Kier alpha value is -3.19. The van der Waals surface area contributed by atoms with Crippen LogP contribution in [0.15, 0.2) is 59.7 Å². The van der Waals surface area contributed by atoms with Crippen LogP contribution in [0.2, 0.25) is 5.02 Å². The van der Waals surface area contributed by atoms with Crippen LogP contribution < -0.4 is 10.3 Å². The average molecular weight is 382 g/mol. The summed E-state index contributed by atoms with van der Waals surface area (Å²) in [6.07, 6.45) is 1.50. The molecule has 2 aromatic heterocycles. The number of benzene rings is 2. The fourth-order valence-corrected chi connectivity index (χ4v) is 3.03. The Morgan fingerprint density at radius 1 is 1.15 bits per heavy atom. The molecule has 0 saturated carbocycles. The molecule has 4 rings (SSSR count). The quantitative estimate of drug-likeness (QED) is 0.531. The van der Waals surface area contributed by atoms with Crippen LogP contribution in [0.4, 0.5) is 0 Å². The maximum Gasteiger partial charge on any atom is 0.283 e. The van der Waals surface area contributed by atoms with Crippen LogP contribution in [0.25, 0.3) is 16.9 Å². The van der Waals surface area contributed by atoms with Gasteiger partial charge in [-0.05, 0) is 48.9 Å². The van der Waals surface area contributed by atoms with Crippen LogP contribution >= 0.6 is 11.6 Å². The van der Waals surface area contributed by atoms with Gasteiger partial charge < -0.3 is 4.74 Å². The Morgan fingerprint density at radius 3 is 2.70 bits per heavy atom. The molecule has 0 atom stereocenters. The van der Waals surface area contributed by atoms with Gasteiger partial charge in [0.05, 0.1) is 18.8 Å². The summed E-state index contributed by atoms with van der Waals surface area (Å²) in [5.41, 5.74) is 2.03. The van der Waals surface area contributed by atoms with Crippen molar-refractivity contribution in [2.24, 2.45) is 0 Å². The molecule has 0 fully saturated rings. The minimum absolute atomic E-state index is 0.216. The lowest BCUT2D eigenvalue weighted by Gasteiger charge is -2.07. The molecule has 2 heterocycles. The molecule has 8 heteroatoms. The average Bonchev–Trinajstić information content (AvgIpc) is 3.10. The van der Waals surface area contributed by atoms with Gasteiger partial charge in [0.2, 0.25) is 0 Å². The molecule has 0 saturated heterocycles. The lowest BCUT2D eigenvalue weighted by molar-refractivity contribution is 0.340. The van der Waals surface area contributed by atoms with E-state index in [0.717, 1.165) is 17.0 Å². The molecule has 0 unspecified atom stereocenters. The summed E-state index contributed by atoms with van der Waals surface area (Å²) >= 11 is 6.01. The fraction of sp³-hybridized carbons (Fsp3) is 0.158. The summed E-state index contributed by atoms with van der Waals surface area (Å²) in [5, 5.41) is 8.75. The van der Waals surface area contributed by atoms with Crippen LogP contribution in [0, 0.1) is 0 Å². The zero-order valence-corrected chi connectivity index (χ0v) is 15.3. The van der Waals surface area contributed by atoms with Crippen LogP contribution in [-0.2, 0) is 6.54 Å². The predicted molar refractivity (Wildman–Crippen MR) is 103 cm³/mol. The van der Waals surface area contributed by atoms with Gasteiger partial charge >= 0.3 is 0 Å². The number of ether oxygens (including phenoxy) is 1. The number of hydrogen-bond donors (Lipinski definition) is 0. The number of halogens is 1. The lowest BCUT2D eigenvalue weighted by atomic mass is 10.2. The van der Waals surface area contributed by atoms with Crippen LogP contribution in [0.3, 0.4) is 0 Å². The Labute approximate surface area is 159 Å². The zero-order valence-electron chi connectivity index (χ0n) is 14.5. The summed E-state index contributed by atoms with van der Waals surface area (Å²) in [5.74, 6) is 0.766. The number of hydrogen-bond acceptors (Lipinski definition) is 5. The van der Waals surface area contributed by atoms with Crippen molar-refractivity contribution >= 4 is 22.8 Å². The second kappa shape index (κ2) is 7.20. The van der Waals surface area contributed by atoms with Crippen LogP contribution in [0.1, 0.15) is 12.5 Å². The molecule has 136 valence electrons. The number of aromatic nitrogens is 5. The Balaban J connectivity index is 1.70. The van der Waals surface area contributed by atoms with Gasteiger partial charge in [-0.3, -0.25) is 9.36 Å². The van der Waals surface area contributed by atoms with Crippen molar-refractivity contribution in [2.45, 2.75) is 13.5 Å². The van der Waals surface area contributed by atoms with E-state index >= 15 is 0 Å². The van der Waals surface area contributed by atoms with Gasteiger partial charge in [-0.2, -0.15) is 4.68 Å². The van der Waals surface area contributed by atoms with E-state index in [1.165, 1.54) is 15.6 Å². The van der Waals surface area contributed by atoms with Gasteiger partial charge in [0, 0.05) is 5.02 Å². The Kier molecular flexibility index (Phi) is 4.60. The molecule has 0 N–H and O–H groups in total. The molecular formula is C19H16ClN5O2. The predicted octanol–water partition coefficient (Wildman–Crippen LogP) is 3.08. The smallest absolute Gasteiger partial charge is 0.283 e. The molecule has 7 nitrogen and oxygen atoms in total. The van der Waals surface area contributed by atoms with Gasteiger partial charge in [-0.1, -0.05) is 28.9 Å². The number of rotatable bonds is 5. The molecule has 0 aliphatic heterocycles. The van der Waals surface area contributed by atoms with E-state index in [0.29, 0.717) is 23.8 Å². The third kappa shape index (κ3) is 3.41. The first kappa shape index (κ1) is 17.2. The van der Waals surface area contributed by atoms with Crippen molar-refractivity contribution < 1.29 is 4.74 Å². The molecule has 0 radical (unpaired) electrons. The Bertz CT molecular complexity index is 1150. The van der Waals surface area contributed by atoms with E-state index < -0.39 is 0 Å². The third-order valence-electron chi connectivity index (χ3n) is 4.06. The highest BCUT2D eigenvalue weighted by Gasteiger charge is 2.13. The topological polar surface area (TPSA) is 74.8 Å². The van der Waals surface area contributed by atoms with E-state index in [4.69, 9.17) is 16.3 Å². The second-order valence-corrected chi connectivity index (χ2v) is 6.34. The first-order valence-electron chi connectivity index (χ1n) is 8.44. The van der Waals surface area contributed by atoms with E-state index in [-0.39, 0.29) is 11.1 Å². The van der Waals surface area contributed by atoms with Gasteiger partial charge in [-0.15, -0.1) is 5.10 Å². The Morgan fingerprint density at radius 2 is 1.96 bits per heavy atom. The molecular weight excluding hydrogens is 366 g/mol. The summed E-state index contributed by atoms with van der Waals surface area (Å²) < 4.78 is 8.47. The SMILES string of the molecule is CCOc1ccc(-n2nnc3c(=O)n(Cc4cccc(Cl)c4)cnc32)cc1. The molecule has 0 aliphatic carbocycles. The van der Waals surface area contributed by atoms with E-state index in [1.807, 2.05) is 49.4 Å². The van der Waals surface area contributed by atoms with Crippen LogP contribution in [-0.4, -0.2) is 31.2 Å². The van der Waals surface area contributed by atoms with Crippen molar-refractivity contribution in [1.29, 1.82) is 0 Å². The van der Waals surface area contributed by atoms with E-state index in [1.54, 1.807) is 6.07 Å². The van der Waals surface area contributed by atoms with Gasteiger partial charge in [0.25, 0.3) is 5.56 Å². The zero-order chi connectivity index (χ0) is 18.8. The standard InChI is InChI=1S/C19H16ClN5O2/c1-2-27-16-8-6-15(7-9-16)25-18-17(22-23-25)19(26)24(12-21-18)11-13-4-3-5-14(20)10-13/h3-10,12H,2,11H2,1H3. The summed E-state index contributed by atoms with van der Waals surface area (Å²) in [6, 6.07) is 14.7. The van der Waals surface area contributed by atoms with Crippen molar-refractivity contribution in [3.8, 4) is 11.4 Å². The summed E-state index contributed by atoms with van der Waals surface area (Å²) in [6.45, 7) is 2.88. The van der Waals surface area contributed by atoms with Gasteiger partial charge in [0.15, 0.2) is 11.2 Å². The molecule has 0 bridgehead atoms. The van der Waals surface area contributed by atoms with Crippen molar-refractivity contribution in [3.63, 3.8) is 0 Å². The first-order chi connectivity index (χ1) is 13.2. The summed E-state index contributed by atoms with van der Waals surface area (Å²) in [4.78, 5) is 17.1.